The van der Waals surface area contributed by atoms with E-state index in [9.17, 15) is 4.79 Å². The molecule has 4 rings (SSSR count). The zero-order chi connectivity index (χ0) is 17.8. The highest BCUT2D eigenvalue weighted by atomic mass is 32.1. The van der Waals surface area contributed by atoms with Gasteiger partial charge in [-0.25, -0.2) is 15.0 Å². The molecule has 1 aliphatic rings. The van der Waals surface area contributed by atoms with Gasteiger partial charge in [-0.15, -0.1) is 22.7 Å². The van der Waals surface area contributed by atoms with Crippen LogP contribution in [0.15, 0.2) is 35.2 Å². The van der Waals surface area contributed by atoms with Crippen molar-refractivity contribution >= 4 is 34.4 Å². The van der Waals surface area contributed by atoms with Crippen molar-refractivity contribution in [3.05, 3.63) is 35.2 Å². The Kier molecular flexibility index (Phi) is 5.30. The third-order valence-corrected chi connectivity index (χ3v) is 5.61. The number of thiophene rings is 1. The summed E-state index contributed by atoms with van der Waals surface area (Å²) in [5.41, 5.74) is 0.714. The summed E-state index contributed by atoms with van der Waals surface area (Å²) in [6.45, 7) is 2.61. The fraction of sp³-hybridized carbons (Fsp3) is 0.294. The highest BCUT2D eigenvalue weighted by Crippen LogP contribution is 2.27. The topological polar surface area (TPSA) is 91.8 Å². The largest absolute Gasteiger partial charge is 0.314 e. The summed E-state index contributed by atoms with van der Waals surface area (Å²) in [6.07, 6.45) is 2.14. The third kappa shape index (κ3) is 4.13. The molecular formula is C17H18N6OS2. The first-order chi connectivity index (χ1) is 12.8. The summed E-state index contributed by atoms with van der Waals surface area (Å²) in [6, 6.07) is 5.84. The summed E-state index contributed by atoms with van der Waals surface area (Å²) in [4.78, 5) is 26.8. The van der Waals surface area contributed by atoms with Crippen molar-refractivity contribution in [3.63, 3.8) is 0 Å². The number of carbonyl (C=O) groups is 1. The van der Waals surface area contributed by atoms with Crippen molar-refractivity contribution in [2.75, 3.05) is 25.0 Å². The van der Waals surface area contributed by atoms with Crippen LogP contribution in [0.3, 0.4) is 0 Å². The molecule has 0 saturated carbocycles. The second-order valence-electron chi connectivity index (χ2n) is 5.88. The SMILES string of the molecule is O=C(CC1CNCCN1)Nc1cc(-c2nccs2)nc(-c2cccs2)n1. The van der Waals surface area contributed by atoms with Crippen molar-refractivity contribution in [3.8, 4) is 21.4 Å². The van der Waals surface area contributed by atoms with Gasteiger partial charge in [-0.2, -0.15) is 0 Å². The molecular weight excluding hydrogens is 368 g/mol. The van der Waals surface area contributed by atoms with Gasteiger partial charge in [0.25, 0.3) is 0 Å². The van der Waals surface area contributed by atoms with Gasteiger partial charge in [0.05, 0.1) is 4.88 Å². The van der Waals surface area contributed by atoms with Crippen LogP contribution in [0.1, 0.15) is 6.42 Å². The van der Waals surface area contributed by atoms with Crippen molar-refractivity contribution in [1.82, 2.24) is 25.6 Å². The fourth-order valence-electron chi connectivity index (χ4n) is 2.76. The van der Waals surface area contributed by atoms with E-state index in [1.807, 2.05) is 22.9 Å². The highest BCUT2D eigenvalue weighted by Gasteiger charge is 2.18. The maximum Gasteiger partial charge on any atom is 0.227 e. The van der Waals surface area contributed by atoms with Gasteiger partial charge in [0, 0.05) is 49.7 Å². The smallest absolute Gasteiger partial charge is 0.227 e. The number of hydrogen-bond acceptors (Lipinski definition) is 8. The second-order valence-corrected chi connectivity index (χ2v) is 7.73. The minimum Gasteiger partial charge on any atom is -0.314 e. The van der Waals surface area contributed by atoms with Gasteiger partial charge in [0.1, 0.15) is 16.5 Å². The van der Waals surface area contributed by atoms with Crippen LogP contribution in [-0.4, -0.2) is 46.5 Å². The van der Waals surface area contributed by atoms with Crippen LogP contribution >= 0.6 is 22.7 Å². The summed E-state index contributed by atoms with van der Waals surface area (Å²) < 4.78 is 0. The van der Waals surface area contributed by atoms with Crippen LogP contribution in [-0.2, 0) is 4.79 Å². The summed E-state index contributed by atoms with van der Waals surface area (Å²) >= 11 is 3.07. The monoisotopic (exact) mass is 386 g/mol. The molecule has 1 amide bonds. The van der Waals surface area contributed by atoms with Crippen molar-refractivity contribution in [1.29, 1.82) is 0 Å². The average molecular weight is 387 g/mol. The Morgan fingerprint density at radius 2 is 2.23 bits per heavy atom. The molecule has 1 fully saturated rings. The third-order valence-electron chi connectivity index (χ3n) is 3.94. The van der Waals surface area contributed by atoms with Crippen molar-refractivity contribution in [2.24, 2.45) is 0 Å². The minimum atomic E-state index is -0.0629. The number of hydrogen-bond donors (Lipinski definition) is 3. The quantitative estimate of drug-likeness (QED) is 0.623. The molecule has 4 heterocycles. The second kappa shape index (κ2) is 8.00. The molecule has 26 heavy (non-hydrogen) atoms. The number of piperazine rings is 1. The van der Waals surface area contributed by atoms with Crippen LogP contribution < -0.4 is 16.0 Å². The lowest BCUT2D eigenvalue weighted by atomic mass is 10.1. The molecule has 1 atom stereocenters. The lowest BCUT2D eigenvalue weighted by molar-refractivity contribution is -0.116. The lowest BCUT2D eigenvalue weighted by Crippen LogP contribution is -2.49. The number of rotatable bonds is 5. The van der Waals surface area contributed by atoms with Gasteiger partial charge < -0.3 is 16.0 Å². The molecule has 1 saturated heterocycles. The van der Waals surface area contributed by atoms with Gasteiger partial charge in [-0.3, -0.25) is 4.79 Å². The summed E-state index contributed by atoms with van der Waals surface area (Å²) in [5.74, 6) is 1.04. The first-order valence-corrected chi connectivity index (χ1v) is 10.1. The molecule has 0 aromatic carbocycles. The van der Waals surface area contributed by atoms with E-state index in [0.717, 1.165) is 29.5 Å². The first-order valence-electron chi connectivity index (χ1n) is 8.35. The zero-order valence-electron chi connectivity index (χ0n) is 13.9. The molecule has 0 radical (unpaired) electrons. The van der Waals surface area contributed by atoms with Crippen molar-refractivity contribution < 1.29 is 4.79 Å². The van der Waals surface area contributed by atoms with Crippen LogP contribution in [0, 0.1) is 0 Å². The zero-order valence-corrected chi connectivity index (χ0v) is 15.6. The number of nitrogens with zero attached hydrogens (tertiary/aromatic N) is 3. The molecule has 3 N–H and O–H groups in total. The van der Waals surface area contributed by atoms with Gasteiger partial charge in [0.15, 0.2) is 5.82 Å². The van der Waals surface area contributed by atoms with E-state index in [0.29, 0.717) is 23.8 Å². The number of anilines is 1. The Labute approximate surface area is 158 Å². The number of carbonyl (C=O) groups excluding carboxylic acids is 1. The Balaban J connectivity index is 1.57. The molecule has 3 aromatic heterocycles. The highest BCUT2D eigenvalue weighted by molar-refractivity contribution is 7.13. The van der Waals surface area contributed by atoms with Crippen LogP contribution in [0.25, 0.3) is 21.4 Å². The maximum atomic E-state index is 12.4. The molecule has 0 spiro atoms. The summed E-state index contributed by atoms with van der Waals surface area (Å²) in [5, 5.41) is 14.2. The molecule has 134 valence electrons. The lowest BCUT2D eigenvalue weighted by Gasteiger charge is -2.23. The average Bonchev–Trinajstić information content (AvgIpc) is 3.36. The molecule has 0 aliphatic carbocycles. The van der Waals surface area contributed by atoms with Crippen LogP contribution in [0.4, 0.5) is 5.82 Å². The van der Waals surface area contributed by atoms with Gasteiger partial charge >= 0.3 is 0 Å². The minimum absolute atomic E-state index is 0.0629. The van der Waals surface area contributed by atoms with E-state index >= 15 is 0 Å². The summed E-state index contributed by atoms with van der Waals surface area (Å²) in [7, 11) is 0. The van der Waals surface area contributed by atoms with Gasteiger partial charge in [0.2, 0.25) is 5.91 Å². The van der Waals surface area contributed by atoms with E-state index in [2.05, 4.69) is 30.9 Å². The van der Waals surface area contributed by atoms with E-state index in [1.54, 1.807) is 23.6 Å². The fourth-order valence-corrected chi connectivity index (χ4v) is 4.02. The van der Waals surface area contributed by atoms with Gasteiger partial charge in [-0.05, 0) is 11.4 Å². The van der Waals surface area contributed by atoms with E-state index in [4.69, 9.17) is 0 Å². The molecule has 1 unspecified atom stereocenters. The standard InChI is InChI=1S/C17H18N6OS2/c24-15(8-11-10-18-3-4-19-11)22-14-9-12(17-20-5-7-26-17)21-16(23-14)13-2-1-6-25-13/h1-2,5-7,9,11,18-19H,3-4,8,10H2,(H,21,22,23,24). The first kappa shape index (κ1) is 17.2. The van der Waals surface area contributed by atoms with Crippen molar-refractivity contribution in [2.45, 2.75) is 12.5 Å². The Hall–Kier alpha value is -2.20. The molecule has 1 aliphatic heterocycles. The maximum absolute atomic E-state index is 12.4. The number of aromatic nitrogens is 3. The predicted octanol–water partition coefficient (Wildman–Crippen LogP) is 2.22. The van der Waals surface area contributed by atoms with E-state index in [1.165, 1.54) is 11.3 Å². The van der Waals surface area contributed by atoms with E-state index in [-0.39, 0.29) is 11.9 Å². The van der Waals surface area contributed by atoms with Gasteiger partial charge in [-0.1, -0.05) is 6.07 Å². The normalized spacial score (nSPS) is 17.2. The Bertz CT molecular complexity index is 807. The number of nitrogens with one attached hydrogen (secondary N) is 3. The van der Waals surface area contributed by atoms with E-state index < -0.39 is 0 Å². The number of amides is 1. The number of thiazole rings is 1. The Morgan fingerprint density at radius 1 is 1.27 bits per heavy atom. The molecule has 7 nitrogen and oxygen atoms in total. The predicted molar refractivity (Wildman–Crippen MR) is 104 cm³/mol. The molecule has 3 aromatic rings. The Morgan fingerprint density at radius 3 is 2.96 bits per heavy atom. The van der Waals surface area contributed by atoms with Crippen LogP contribution in [0.2, 0.25) is 0 Å². The van der Waals surface area contributed by atoms with Crippen LogP contribution in [0.5, 0.6) is 0 Å². The molecule has 9 heteroatoms. The molecule has 0 bridgehead atoms.